The van der Waals surface area contributed by atoms with Crippen LogP contribution in [-0.2, 0) is 24.3 Å². The van der Waals surface area contributed by atoms with Crippen LogP contribution in [0, 0.1) is 5.92 Å². The highest BCUT2D eigenvalue weighted by atomic mass is 32.2. The number of hydrogen-bond donors (Lipinski definition) is 2. The maximum absolute atomic E-state index is 12.1. The normalized spacial score (nSPS) is 26.7. The Balaban J connectivity index is 1.97. The third kappa shape index (κ3) is 3.58. The smallest absolute Gasteiger partial charge is 0.322 e. The summed E-state index contributed by atoms with van der Waals surface area (Å²) < 4.78 is 29.1. The zero-order valence-electron chi connectivity index (χ0n) is 12.9. The molecule has 2 aliphatic heterocycles. The molecule has 2 saturated heterocycles. The lowest BCUT2D eigenvalue weighted by molar-refractivity contribution is -0.142. The van der Waals surface area contributed by atoms with Crippen LogP contribution in [0.4, 0.5) is 0 Å². The van der Waals surface area contributed by atoms with E-state index < -0.39 is 22.0 Å². The first kappa shape index (κ1) is 17.2. The minimum absolute atomic E-state index is 0.118. The van der Waals surface area contributed by atoms with E-state index in [0.717, 1.165) is 0 Å². The fourth-order valence-electron chi connectivity index (χ4n) is 3.30. The number of piperidine rings is 1. The first-order valence-electron chi connectivity index (χ1n) is 7.27. The summed E-state index contributed by atoms with van der Waals surface area (Å²) >= 11 is 0. The van der Waals surface area contributed by atoms with Crippen LogP contribution in [0.5, 0.6) is 0 Å². The largest absolute Gasteiger partial charge is 0.468 e. The third-order valence-electron chi connectivity index (χ3n) is 4.59. The van der Waals surface area contributed by atoms with E-state index in [4.69, 9.17) is 5.73 Å². The van der Waals surface area contributed by atoms with Gasteiger partial charge in [0.25, 0.3) is 0 Å². The molecule has 1 spiro atoms. The Morgan fingerprint density at radius 1 is 1.50 bits per heavy atom. The summed E-state index contributed by atoms with van der Waals surface area (Å²) in [5, 5.41) is 2.99. The summed E-state index contributed by atoms with van der Waals surface area (Å²) in [7, 11) is -1.93. The van der Waals surface area contributed by atoms with Gasteiger partial charge in [0.2, 0.25) is 15.9 Å². The van der Waals surface area contributed by atoms with Crippen LogP contribution >= 0.6 is 0 Å². The lowest BCUT2D eigenvalue weighted by Gasteiger charge is -2.38. The fraction of sp³-hybridized carbons (Fsp3) is 0.846. The molecule has 2 rings (SSSR count). The summed E-state index contributed by atoms with van der Waals surface area (Å²) in [6.07, 6.45) is 3.17. The van der Waals surface area contributed by atoms with Crippen LogP contribution in [0.2, 0.25) is 0 Å². The average molecular weight is 333 g/mol. The van der Waals surface area contributed by atoms with Crippen LogP contribution in [0.15, 0.2) is 0 Å². The van der Waals surface area contributed by atoms with E-state index in [2.05, 4.69) is 10.1 Å². The lowest BCUT2D eigenvalue weighted by Crippen LogP contribution is -2.51. The summed E-state index contributed by atoms with van der Waals surface area (Å²) in [5.74, 6) is -0.980. The molecule has 9 heteroatoms. The Hall–Kier alpha value is -1.19. The van der Waals surface area contributed by atoms with E-state index in [0.29, 0.717) is 32.4 Å². The summed E-state index contributed by atoms with van der Waals surface area (Å²) in [6, 6.07) is -0.813. The van der Waals surface area contributed by atoms with Crippen molar-refractivity contribution in [2.75, 3.05) is 26.5 Å². The first-order valence-corrected chi connectivity index (χ1v) is 9.12. The van der Waals surface area contributed by atoms with Gasteiger partial charge in [0.05, 0.1) is 13.4 Å². The molecule has 2 fully saturated rings. The molecule has 8 nitrogen and oxygen atoms in total. The Bertz CT molecular complexity index is 554. The number of methoxy groups -OCH3 is 1. The number of carbonyl (C=O) groups excluding carboxylic acids is 2. The first-order chi connectivity index (χ1) is 10.2. The van der Waals surface area contributed by atoms with Gasteiger partial charge in [-0.3, -0.25) is 9.59 Å². The van der Waals surface area contributed by atoms with Gasteiger partial charge >= 0.3 is 5.97 Å². The maximum atomic E-state index is 12.1. The quantitative estimate of drug-likeness (QED) is 0.624. The molecule has 3 N–H and O–H groups in total. The van der Waals surface area contributed by atoms with Crippen molar-refractivity contribution in [1.29, 1.82) is 0 Å². The van der Waals surface area contributed by atoms with Gasteiger partial charge in [-0.15, -0.1) is 0 Å². The second-order valence-corrected chi connectivity index (χ2v) is 8.18. The second-order valence-electron chi connectivity index (χ2n) is 6.20. The molecular formula is C13H23N3O5S. The number of nitrogens with zero attached hydrogens (tertiary/aromatic N) is 1. The van der Waals surface area contributed by atoms with Crippen molar-refractivity contribution in [2.24, 2.45) is 11.7 Å². The van der Waals surface area contributed by atoms with E-state index in [1.165, 1.54) is 17.7 Å². The standard InChI is InChI=1S/C13H23N3O5S/c1-21-12(18)10(14)7-9-8-13(15-11(9)17)3-5-16(6-4-13)22(2,19)20/h9-10H,3-8,14H2,1-2H3,(H,15,17). The highest BCUT2D eigenvalue weighted by Gasteiger charge is 2.47. The average Bonchev–Trinajstić information content (AvgIpc) is 2.73. The lowest BCUT2D eigenvalue weighted by atomic mass is 9.83. The molecule has 0 aromatic heterocycles. The molecule has 0 radical (unpaired) electrons. The van der Waals surface area contributed by atoms with Crippen LogP contribution in [0.25, 0.3) is 0 Å². The molecule has 2 aliphatic rings. The van der Waals surface area contributed by atoms with Crippen molar-refractivity contribution in [2.45, 2.75) is 37.3 Å². The van der Waals surface area contributed by atoms with Gasteiger partial charge in [0.15, 0.2) is 0 Å². The van der Waals surface area contributed by atoms with Gasteiger partial charge in [-0.1, -0.05) is 0 Å². The van der Waals surface area contributed by atoms with Crippen LogP contribution in [-0.4, -0.2) is 62.6 Å². The number of amides is 1. The monoisotopic (exact) mass is 333 g/mol. The Kier molecular flexibility index (Phi) is 4.78. The Morgan fingerprint density at radius 3 is 2.59 bits per heavy atom. The van der Waals surface area contributed by atoms with Crippen molar-refractivity contribution in [3.8, 4) is 0 Å². The van der Waals surface area contributed by atoms with Crippen molar-refractivity contribution in [1.82, 2.24) is 9.62 Å². The molecule has 1 amide bonds. The minimum atomic E-state index is -3.19. The van der Waals surface area contributed by atoms with Crippen LogP contribution in [0.3, 0.4) is 0 Å². The molecule has 2 unspecified atom stereocenters. The summed E-state index contributed by atoms with van der Waals surface area (Å²) in [4.78, 5) is 23.5. The molecule has 0 bridgehead atoms. The van der Waals surface area contributed by atoms with E-state index in [-0.39, 0.29) is 23.8 Å². The van der Waals surface area contributed by atoms with Gasteiger partial charge < -0.3 is 15.8 Å². The molecular weight excluding hydrogens is 310 g/mol. The van der Waals surface area contributed by atoms with Crippen molar-refractivity contribution < 1.29 is 22.7 Å². The number of ether oxygens (including phenoxy) is 1. The Labute approximate surface area is 130 Å². The maximum Gasteiger partial charge on any atom is 0.322 e. The van der Waals surface area contributed by atoms with Gasteiger partial charge in [-0.05, 0) is 25.7 Å². The number of nitrogens with two attached hydrogens (primary N) is 1. The molecule has 22 heavy (non-hydrogen) atoms. The van der Waals surface area contributed by atoms with E-state index in [1.54, 1.807) is 0 Å². The topological polar surface area (TPSA) is 119 Å². The fourth-order valence-corrected chi connectivity index (χ4v) is 4.14. The molecule has 0 aliphatic carbocycles. The molecule has 2 atom stereocenters. The van der Waals surface area contributed by atoms with Gasteiger partial charge in [0.1, 0.15) is 6.04 Å². The SMILES string of the molecule is COC(=O)C(N)CC1CC2(CCN(S(C)(=O)=O)CC2)NC1=O. The highest BCUT2D eigenvalue weighted by Crippen LogP contribution is 2.36. The zero-order valence-corrected chi connectivity index (χ0v) is 13.7. The highest BCUT2D eigenvalue weighted by molar-refractivity contribution is 7.88. The van der Waals surface area contributed by atoms with E-state index in [9.17, 15) is 18.0 Å². The van der Waals surface area contributed by atoms with Crippen LogP contribution < -0.4 is 11.1 Å². The molecule has 0 aromatic carbocycles. The number of nitrogens with one attached hydrogen (secondary N) is 1. The molecule has 0 saturated carbocycles. The van der Waals surface area contributed by atoms with Crippen molar-refractivity contribution in [3.63, 3.8) is 0 Å². The predicted molar refractivity (Wildman–Crippen MR) is 79.2 cm³/mol. The van der Waals surface area contributed by atoms with Gasteiger partial charge in [0, 0.05) is 24.5 Å². The third-order valence-corrected chi connectivity index (χ3v) is 5.89. The summed E-state index contributed by atoms with van der Waals surface area (Å²) in [6.45, 7) is 0.795. The molecule has 0 aromatic rings. The minimum Gasteiger partial charge on any atom is -0.468 e. The number of sulfonamides is 1. The summed E-state index contributed by atoms with van der Waals surface area (Å²) in [5.41, 5.74) is 5.35. The van der Waals surface area contributed by atoms with Gasteiger partial charge in [-0.25, -0.2) is 12.7 Å². The van der Waals surface area contributed by atoms with Gasteiger partial charge in [-0.2, -0.15) is 0 Å². The number of carbonyl (C=O) groups is 2. The van der Waals surface area contributed by atoms with Crippen molar-refractivity contribution in [3.05, 3.63) is 0 Å². The number of esters is 1. The number of hydrogen-bond acceptors (Lipinski definition) is 6. The van der Waals surface area contributed by atoms with E-state index in [1.807, 2.05) is 0 Å². The number of rotatable bonds is 4. The molecule has 2 heterocycles. The van der Waals surface area contributed by atoms with Crippen molar-refractivity contribution >= 4 is 21.9 Å². The second kappa shape index (κ2) is 6.13. The molecule has 126 valence electrons. The predicted octanol–water partition coefficient (Wildman–Crippen LogP) is -1.19. The Morgan fingerprint density at radius 2 is 2.09 bits per heavy atom. The van der Waals surface area contributed by atoms with E-state index >= 15 is 0 Å². The zero-order chi connectivity index (χ0) is 16.5. The van der Waals surface area contributed by atoms with Crippen LogP contribution in [0.1, 0.15) is 25.7 Å².